The number of nitrogens with zero attached hydrogens (tertiary/aromatic N) is 4. The summed E-state index contributed by atoms with van der Waals surface area (Å²) in [4.78, 5) is 13.0. The fourth-order valence-electron chi connectivity index (χ4n) is 6.42. The fourth-order valence-corrected chi connectivity index (χ4v) is 6.42. The van der Waals surface area contributed by atoms with Gasteiger partial charge in [-0.05, 0) is 47.3 Å². The molecule has 0 bridgehead atoms. The topological polar surface area (TPSA) is 34.0 Å². The van der Waals surface area contributed by atoms with Gasteiger partial charge in [0, 0.05) is 21.7 Å². The van der Waals surface area contributed by atoms with Crippen LogP contribution < -0.4 is 4.90 Å². The van der Waals surface area contributed by atoms with Crippen molar-refractivity contribution in [3.05, 3.63) is 133 Å². The molecule has 4 heteroatoms. The van der Waals surface area contributed by atoms with Crippen molar-refractivity contribution < 1.29 is 0 Å². The number of hydrogen-bond donors (Lipinski definition) is 0. The summed E-state index contributed by atoms with van der Waals surface area (Å²) in [7, 11) is 0. The van der Waals surface area contributed by atoms with Crippen molar-refractivity contribution in [1.82, 2.24) is 14.5 Å². The molecule has 1 aliphatic rings. The van der Waals surface area contributed by atoms with Crippen LogP contribution in [-0.2, 0) is 0 Å². The van der Waals surface area contributed by atoms with Crippen LogP contribution in [0.1, 0.15) is 0 Å². The molecular formula is C36H22N4. The highest BCUT2D eigenvalue weighted by molar-refractivity contribution is 6.15. The summed E-state index contributed by atoms with van der Waals surface area (Å²) in [6.45, 7) is 0. The zero-order chi connectivity index (χ0) is 26.2. The Hall–Kier alpha value is -5.48. The molecule has 0 aliphatic carbocycles. The molecule has 8 aromatic rings. The van der Waals surface area contributed by atoms with Gasteiger partial charge >= 0.3 is 0 Å². The van der Waals surface area contributed by atoms with E-state index >= 15 is 0 Å². The average Bonchev–Trinajstić information content (AvgIpc) is 3.35. The highest BCUT2D eigenvalue weighted by Gasteiger charge is 2.30. The van der Waals surface area contributed by atoms with E-state index in [1.165, 1.54) is 32.7 Å². The summed E-state index contributed by atoms with van der Waals surface area (Å²) in [6, 6.07) is 47.0. The Morgan fingerprint density at radius 1 is 0.425 bits per heavy atom. The van der Waals surface area contributed by atoms with Crippen molar-refractivity contribution >= 4 is 60.8 Å². The van der Waals surface area contributed by atoms with Crippen LogP contribution in [0.5, 0.6) is 0 Å². The average molecular weight is 511 g/mol. The Bertz CT molecular complexity index is 2240. The fraction of sp³-hybridized carbons (Fsp3) is 0. The van der Waals surface area contributed by atoms with Crippen molar-refractivity contribution in [2.24, 2.45) is 0 Å². The van der Waals surface area contributed by atoms with E-state index in [2.05, 4.69) is 119 Å². The van der Waals surface area contributed by atoms with Gasteiger partial charge in [-0.2, -0.15) is 0 Å². The van der Waals surface area contributed by atoms with Gasteiger partial charge in [0.05, 0.1) is 33.4 Å². The molecule has 0 N–H and O–H groups in total. The van der Waals surface area contributed by atoms with Gasteiger partial charge < -0.3 is 0 Å². The van der Waals surface area contributed by atoms with Crippen molar-refractivity contribution in [2.45, 2.75) is 0 Å². The molecule has 0 spiro atoms. The number of anilines is 3. The van der Waals surface area contributed by atoms with E-state index in [0.29, 0.717) is 0 Å². The predicted octanol–water partition coefficient (Wildman–Crippen LogP) is 9.33. The van der Waals surface area contributed by atoms with Crippen molar-refractivity contribution in [3.8, 4) is 16.9 Å². The summed E-state index contributed by atoms with van der Waals surface area (Å²) < 4.78 is 2.28. The van der Waals surface area contributed by atoms with Crippen molar-refractivity contribution in [2.75, 3.05) is 4.90 Å². The van der Waals surface area contributed by atoms with Crippen LogP contribution in [0.2, 0.25) is 0 Å². The number of hydrogen-bond acceptors (Lipinski definition) is 3. The Morgan fingerprint density at radius 3 is 1.73 bits per heavy atom. The van der Waals surface area contributed by atoms with E-state index in [0.717, 1.165) is 45.1 Å². The number of aromatic nitrogens is 3. The number of benzene rings is 6. The first-order chi connectivity index (χ1) is 19.9. The molecule has 0 fully saturated rings. The molecule has 0 amide bonds. The first kappa shape index (κ1) is 21.5. The van der Waals surface area contributed by atoms with Gasteiger partial charge in [-0.15, -0.1) is 0 Å². The van der Waals surface area contributed by atoms with E-state index in [1.807, 2.05) is 24.3 Å². The minimum absolute atomic E-state index is 0.805. The molecule has 1 aliphatic heterocycles. The molecule has 6 aromatic carbocycles. The second-order valence-corrected chi connectivity index (χ2v) is 10.3. The normalized spacial score (nSPS) is 12.4. The maximum Gasteiger partial charge on any atom is 0.182 e. The van der Waals surface area contributed by atoms with E-state index in [1.54, 1.807) is 0 Å². The Labute approximate surface area is 230 Å². The highest BCUT2D eigenvalue weighted by Crippen LogP contribution is 2.51. The molecule has 0 saturated heterocycles. The van der Waals surface area contributed by atoms with Gasteiger partial charge in [-0.3, -0.25) is 9.47 Å². The van der Waals surface area contributed by atoms with E-state index in [-0.39, 0.29) is 0 Å². The second-order valence-electron chi connectivity index (χ2n) is 10.3. The lowest BCUT2D eigenvalue weighted by molar-refractivity contribution is 1.05. The molecule has 9 rings (SSSR count). The first-order valence-corrected chi connectivity index (χ1v) is 13.5. The maximum absolute atomic E-state index is 5.37. The molecule has 0 unspecified atom stereocenters. The van der Waals surface area contributed by atoms with Gasteiger partial charge in [0.15, 0.2) is 11.6 Å². The molecule has 0 saturated carbocycles. The lowest BCUT2D eigenvalue weighted by atomic mass is 9.91. The molecule has 0 atom stereocenters. The van der Waals surface area contributed by atoms with Crippen LogP contribution in [0.25, 0.3) is 60.6 Å². The standard InChI is InChI=1S/C36H22N4/c1-6-19-30-24(13-1)25-14-2-7-20-31(25)39(30)35-36(38-29-18-5-4-17-28(29)37-35)40-32-21-8-3-15-26(32)27-16-9-11-23-12-10-22-33(40)34(23)27/h1-22H. The summed E-state index contributed by atoms with van der Waals surface area (Å²) in [6.07, 6.45) is 0. The number of para-hydroxylation sites is 5. The quantitative estimate of drug-likeness (QED) is 0.232. The lowest BCUT2D eigenvalue weighted by Crippen LogP contribution is -2.19. The molecule has 40 heavy (non-hydrogen) atoms. The Kier molecular flexibility index (Phi) is 4.30. The van der Waals surface area contributed by atoms with Crippen molar-refractivity contribution in [3.63, 3.8) is 0 Å². The van der Waals surface area contributed by atoms with Crippen molar-refractivity contribution in [1.29, 1.82) is 0 Å². The van der Waals surface area contributed by atoms with Crippen LogP contribution in [0.4, 0.5) is 17.2 Å². The Morgan fingerprint density at radius 2 is 0.975 bits per heavy atom. The van der Waals surface area contributed by atoms with Crippen LogP contribution in [-0.4, -0.2) is 14.5 Å². The van der Waals surface area contributed by atoms with Gasteiger partial charge in [0.25, 0.3) is 0 Å². The largest absolute Gasteiger partial charge is 0.291 e. The molecule has 4 nitrogen and oxygen atoms in total. The summed E-state index contributed by atoms with van der Waals surface area (Å²) >= 11 is 0. The van der Waals surface area contributed by atoms with E-state index in [9.17, 15) is 0 Å². The second kappa shape index (κ2) is 8.01. The maximum atomic E-state index is 5.37. The Balaban J connectivity index is 1.47. The van der Waals surface area contributed by atoms with Gasteiger partial charge in [-0.1, -0.05) is 97.1 Å². The zero-order valence-corrected chi connectivity index (χ0v) is 21.5. The monoisotopic (exact) mass is 510 g/mol. The van der Waals surface area contributed by atoms with Gasteiger partial charge in [-0.25, -0.2) is 9.97 Å². The summed E-state index contributed by atoms with van der Waals surface area (Å²) in [5.41, 5.74) is 8.59. The molecule has 3 heterocycles. The molecule has 2 aromatic heterocycles. The first-order valence-electron chi connectivity index (χ1n) is 13.5. The van der Waals surface area contributed by atoms with E-state index < -0.39 is 0 Å². The SMILES string of the molecule is c1ccc2c(c1)-c1cccc3cccc(c13)N2c1nc2ccccc2nc1-n1c2ccccc2c2ccccc21. The van der Waals surface area contributed by atoms with Crippen LogP contribution in [0.3, 0.4) is 0 Å². The van der Waals surface area contributed by atoms with E-state index in [4.69, 9.17) is 9.97 Å². The van der Waals surface area contributed by atoms with Crippen LogP contribution in [0, 0.1) is 0 Å². The third-order valence-electron chi connectivity index (χ3n) is 8.10. The summed E-state index contributed by atoms with van der Waals surface area (Å²) in [5.74, 6) is 1.61. The lowest BCUT2D eigenvalue weighted by Gasteiger charge is -2.33. The summed E-state index contributed by atoms with van der Waals surface area (Å²) in [5, 5.41) is 4.84. The predicted molar refractivity (Wildman–Crippen MR) is 165 cm³/mol. The number of rotatable bonds is 2. The van der Waals surface area contributed by atoms with Gasteiger partial charge in [0.1, 0.15) is 0 Å². The molecule has 0 radical (unpaired) electrons. The van der Waals surface area contributed by atoms with Gasteiger partial charge in [0.2, 0.25) is 0 Å². The third-order valence-corrected chi connectivity index (χ3v) is 8.10. The zero-order valence-electron chi connectivity index (χ0n) is 21.5. The third kappa shape index (κ3) is 2.85. The van der Waals surface area contributed by atoms with Crippen LogP contribution >= 0.6 is 0 Å². The molecular weight excluding hydrogens is 488 g/mol. The highest BCUT2D eigenvalue weighted by atomic mass is 15.3. The smallest absolute Gasteiger partial charge is 0.182 e. The minimum Gasteiger partial charge on any atom is -0.291 e. The van der Waals surface area contributed by atoms with Crippen LogP contribution in [0.15, 0.2) is 133 Å². The molecule has 186 valence electrons. The number of fused-ring (bicyclic) bond motifs is 6. The minimum atomic E-state index is 0.805.